The molecule has 0 N–H and O–H groups in total. The van der Waals surface area contributed by atoms with Gasteiger partial charge in [-0.1, -0.05) is 63.4 Å². The summed E-state index contributed by atoms with van der Waals surface area (Å²) in [5.74, 6) is 0. The minimum atomic E-state index is 0.277. The van der Waals surface area contributed by atoms with Crippen molar-refractivity contribution in [2.75, 3.05) is 19.9 Å². The number of unbranched alkanes of at least 4 members (excludes halogenated alkanes) is 3. The Bertz CT molecular complexity index is 432. The second kappa shape index (κ2) is 9.52. The third-order valence-electron chi connectivity index (χ3n) is 4.08. The van der Waals surface area contributed by atoms with Gasteiger partial charge >= 0.3 is 0 Å². The lowest BCUT2D eigenvalue weighted by atomic mass is 10.1. The van der Waals surface area contributed by atoms with E-state index in [9.17, 15) is 0 Å². The highest BCUT2D eigenvalue weighted by atomic mass is 16.5. The molecule has 0 aromatic heterocycles. The lowest BCUT2D eigenvalue weighted by molar-refractivity contribution is 0.00862. The van der Waals surface area contributed by atoms with Crippen LogP contribution >= 0.6 is 0 Å². The van der Waals surface area contributed by atoms with Gasteiger partial charge in [0.2, 0.25) is 0 Å². The van der Waals surface area contributed by atoms with E-state index in [1.54, 1.807) is 0 Å². The van der Waals surface area contributed by atoms with Gasteiger partial charge in [0, 0.05) is 25.6 Å². The molecule has 0 radical (unpaired) electrons. The maximum atomic E-state index is 5.87. The first-order valence-electron chi connectivity index (χ1n) is 8.69. The summed E-state index contributed by atoms with van der Waals surface area (Å²) >= 11 is 0. The molecule has 22 heavy (non-hydrogen) atoms. The summed E-state index contributed by atoms with van der Waals surface area (Å²) in [6, 6.07) is 10.7. The Kier molecular flexibility index (Phi) is 7.31. The minimum absolute atomic E-state index is 0.277. The Morgan fingerprint density at radius 1 is 0.909 bits per heavy atom. The molecule has 1 aromatic carbocycles. The van der Waals surface area contributed by atoms with Crippen molar-refractivity contribution in [3.63, 3.8) is 0 Å². The molecule has 122 valence electrons. The standard InChI is InChI=1S/C19H30N2O/c1-3-5-10-16-22-17-21-15-14-20(13-6-4-2)19(21)18-11-8-7-9-12-18/h7-9,11-12,14-15,19H,3-6,10,13,16-17H2,1-2H3. The maximum absolute atomic E-state index is 5.87. The van der Waals surface area contributed by atoms with Crippen LogP contribution in [-0.2, 0) is 4.74 Å². The van der Waals surface area contributed by atoms with Crippen LogP contribution in [0.4, 0.5) is 0 Å². The molecule has 1 unspecified atom stereocenters. The number of nitrogens with zero attached hydrogens (tertiary/aromatic N) is 2. The third kappa shape index (κ3) is 4.77. The van der Waals surface area contributed by atoms with E-state index < -0.39 is 0 Å². The highest BCUT2D eigenvalue weighted by molar-refractivity contribution is 5.21. The molecule has 0 saturated heterocycles. The zero-order valence-corrected chi connectivity index (χ0v) is 14.1. The number of rotatable bonds is 10. The summed E-state index contributed by atoms with van der Waals surface area (Å²) in [5, 5.41) is 0. The first-order valence-corrected chi connectivity index (χ1v) is 8.69. The fraction of sp³-hybridized carbons (Fsp3) is 0.579. The summed E-state index contributed by atoms with van der Waals surface area (Å²) in [6.07, 6.45) is 10.8. The zero-order chi connectivity index (χ0) is 15.6. The number of hydrogen-bond donors (Lipinski definition) is 0. The summed E-state index contributed by atoms with van der Waals surface area (Å²) in [4.78, 5) is 4.73. The van der Waals surface area contributed by atoms with Crippen molar-refractivity contribution in [3.05, 3.63) is 48.3 Å². The third-order valence-corrected chi connectivity index (χ3v) is 4.08. The molecule has 0 fully saturated rings. The van der Waals surface area contributed by atoms with Crippen molar-refractivity contribution in [2.45, 2.75) is 52.1 Å². The second-order valence-corrected chi connectivity index (χ2v) is 5.93. The fourth-order valence-corrected chi connectivity index (χ4v) is 2.81. The van der Waals surface area contributed by atoms with Gasteiger partial charge in [-0.25, -0.2) is 0 Å². The summed E-state index contributed by atoms with van der Waals surface area (Å²) < 4.78 is 5.87. The van der Waals surface area contributed by atoms with Gasteiger partial charge in [0.25, 0.3) is 0 Å². The Morgan fingerprint density at radius 3 is 2.36 bits per heavy atom. The van der Waals surface area contributed by atoms with Crippen molar-refractivity contribution >= 4 is 0 Å². The van der Waals surface area contributed by atoms with Gasteiger partial charge in [-0.3, -0.25) is 0 Å². The first-order chi connectivity index (χ1) is 10.9. The highest BCUT2D eigenvalue weighted by Gasteiger charge is 2.27. The lowest BCUT2D eigenvalue weighted by Gasteiger charge is -2.33. The predicted molar refractivity (Wildman–Crippen MR) is 92.1 cm³/mol. The molecule has 1 aliphatic heterocycles. The average molecular weight is 302 g/mol. The Hall–Kier alpha value is -1.48. The largest absolute Gasteiger partial charge is 0.361 e. The number of benzene rings is 1. The number of ether oxygens (including phenoxy) is 1. The van der Waals surface area contributed by atoms with E-state index in [2.05, 4.69) is 66.4 Å². The zero-order valence-electron chi connectivity index (χ0n) is 14.1. The Labute approximate surface area is 135 Å². The lowest BCUT2D eigenvalue weighted by Crippen LogP contribution is -2.32. The van der Waals surface area contributed by atoms with Crippen LogP contribution in [-0.4, -0.2) is 29.7 Å². The predicted octanol–water partition coefficient (Wildman–Crippen LogP) is 4.74. The van der Waals surface area contributed by atoms with Crippen LogP contribution in [0.3, 0.4) is 0 Å². The molecule has 0 spiro atoms. The van der Waals surface area contributed by atoms with Crippen LogP contribution in [0.2, 0.25) is 0 Å². The summed E-state index contributed by atoms with van der Waals surface area (Å²) in [5.41, 5.74) is 1.33. The van der Waals surface area contributed by atoms with Crippen molar-refractivity contribution in [3.8, 4) is 0 Å². The van der Waals surface area contributed by atoms with E-state index in [1.807, 2.05) is 0 Å². The Morgan fingerprint density at radius 2 is 1.64 bits per heavy atom. The van der Waals surface area contributed by atoms with Crippen LogP contribution < -0.4 is 0 Å². The van der Waals surface area contributed by atoms with Crippen molar-refractivity contribution in [2.24, 2.45) is 0 Å². The van der Waals surface area contributed by atoms with Gasteiger partial charge in [-0.05, 0) is 18.4 Å². The quantitative estimate of drug-likeness (QED) is 0.581. The summed E-state index contributed by atoms with van der Waals surface area (Å²) in [7, 11) is 0. The highest BCUT2D eigenvalue weighted by Crippen LogP contribution is 2.30. The molecule has 3 heteroatoms. The van der Waals surface area contributed by atoms with Crippen LogP contribution in [0.25, 0.3) is 0 Å². The van der Waals surface area contributed by atoms with Crippen LogP contribution in [0.15, 0.2) is 42.7 Å². The van der Waals surface area contributed by atoms with E-state index in [0.29, 0.717) is 6.73 Å². The van der Waals surface area contributed by atoms with Gasteiger partial charge in [0.1, 0.15) is 12.9 Å². The van der Waals surface area contributed by atoms with E-state index in [1.165, 1.54) is 31.2 Å². The van der Waals surface area contributed by atoms with Crippen LogP contribution in [0.5, 0.6) is 0 Å². The molecule has 3 nitrogen and oxygen atoms in total. The van der Waals surface area contributed by atoms with E-state index >= 15 is 0 Å². The van der Waals surface area contributed by atoms with Gasteiger partial charge in [0.05, 0.1) is 0 Å². The second-order valence-electron chi connectivity index (χ2n) is 5.93. The summed E-state index contributed by atoms with van der Waals surface area (Å²) in [6.45, 7) is 7.09. The molecule has 0 aliphatic carbocycles. The molecule has 2 rings (SSSR count). The topological polar surface area (TPSA) is 15.7 Å². The molecular weight excluding hydrogens is 272 g/mol. The molecule has 1 aromatic rings. The van der Waals surface area contributed by atoms with Gasteiger partial charge in [-0.2, -0.15) is 0 Å². The SMILES string of the molecule is CCCCCOCN1C=CN(CCCC)C1c1ccccc1. The van der Waals surface area contributed by atoms with Crippen molar-refractivity contribution in [1.82, 2.24) is 9.80 Å². The van der Waals surface area contributed by atoms with Gasteiger partial charge in [0.15, 0.2) is 0 Å². The van der Waals surface area contributed by atoms with Crippen LogP contribution in [0.1, 0.15) is 57.7 Å². The van der Waals surface area contributed by atoms with Gasteiger partial charge < -0.3 is 14.5 Å². The van der Waals surface area contributed by atoms with E-state index in [4.69, 9.17) is 4.74 Å². The Balaban J connectivity index is 1.94. The monoisotopic (exact) mass is 302 g/mol. The molecule has 0 saturated carbocycles. The normalized spacial score (nSPS) is 17.5. The van der Waals surface area contributed by atoms with Crippen LogP contribution in [0, 0.1) is 0 Å². The smallest absolute Gasteiger partial charge is 0.129 e. The first kappa shape index (κ1) is 16.9. The molecule has 1 atom stereocenters. The van der Waals surface area contributed by atoms with Gasteiger partial charge in [-0.15, -0.1) is 0 Å². The fourth-order valence-electron chi connectivity index (χ4n) is 2.81. The van der Waals surface area contributed by atoms with Crippen molar-refractivity contribution in [1.29, 1.82) is 0 Å². The molecule has 1 aliphatic rings. The molecule has 1 heterocycles. The minimum Gasteiger partial charge on any atom is -0.361 e. The molecular formula is C19H30N2O. The average Bonchev–Trinajstić information content (AvgIpc) is 2.96. The molecule has 0 amide bonds. The molecule has 0 bridgehead atoms. The maximum Gasteiger partial charge on any atom is 0.129 e. The number of hydrogen-bond acceptors (Lipinski definition) is 3. The van der Waals surface area contributed by atoms with Crippen molar-refractivity contribution < 1.29 is 4.74 Å². The van der Waals surface area contributed by atoms with E-state index in [0.717, 1.165) is 19.6 Å². The van der Waals surface area contributed by atoms with E-state index in [-0.39, 0.29) is 6.17 Å².